The standard InChI is InChI=1S/C58H34N6S/c59-35-41-33-39(27-30-48(41)64-49-20-10-7-17-43(49)45-29-31-51-54(55(45)64)46-19-8-11-21-50(46)63(51)42-15-5-2-6-16-42)57-60-56(38-25-23-37(24-26-38)36-13-3-1-4-14-36)61-58(62-57)40-28-32-53-47(34-40)44-18-9-12-22-52(44)65-53/h1-34H. The molecule has 0 radical (unpaired) electrons. The van der Waals surface area contributed by atoms with Crippen LogP contribution in [-0.4, -0.2) is 24.1 Å². The molecule has 0 aliphatic carbocycles. The van der Waals surface area contributed by atoms with Gasteiger partial charge in [-0.05, 0) is 83.9 Å². The van der Waals surface area contributed by atoms with E-state index in [-0.39, 0.29) is 0 Å². The Balaban J connectivity index is 1.02. The zero-order valence-electron chi connectivity index (χ0n) is 34.7. The van der Waals surface area contributed by atoms with Gasteiger partial charge in [0.05, 0.1) is 33.3 Å². The second-order valence-corrected chi connectivity index (χ2v) is 17.4. The molecule has 4 aromatic heterocycles. The van der Waals surface area contributed by atoms with Crippen LogP contribution in [0.5, 0.6) is 0 Å². The van der Waals surface area contributed by atoms with Crippen molar-refractivity contribution in [2.24, 2.45) is 0 Å². The molecule has 7 heteroatoms. The number of nitrogens with zero attached hydrogens (tertiary/aromatic N) is 6. The summed E-state index contributed by atoms with van der Waals surface area (Å²) in [7, 11) is 0. The monoisotopic (exact) mass is 846 g/mol. The molecule has 0 bridgehead atoms. The molecular weight excluding hydrogens is 813 g/mol. The second-order valence-electron chi connectivity index (χ2n) is 16.3. The lowest BCUT2D eigenvalue weighted by molar-refractivity contribution is 1.07. The first-order chi connectivity index (χ1) is 32.2. The molecule has 0 aliphatic rings. The lowest BCUT2D eigenvalue weighted by Gasteiger charge is -2.13. The quantitative estimate of drug-likeness (QED) is 0.167. The van der Waals surface area contributed by atoms with Crippen LogP contribution in [0.2, 0.25) is 0 Å². The normalized spacial score (nSPS) is 11.7. The van der Waals surface area contributed by atoms with Crippen LogP contribution in [0.15, 0.2) is 206 Å². The minimum absolute atomic E-state index is 0.492. The lowest BCUT2D eigenvalue weighted by atomic mass is 10.0. The molecule has 0 fully saturated rings. The summed E-state index contributed by atoms with van der Waals surface area (Å²) in [6.07, 6.45) is 0. The Morgan fingerprint density at radius 1 is 0.385 bits per heavy atom. The first-order valence-corrected chi connectivity index (χ1v) is 22.4. The van der Waals surface area contributed by atoms with Gasteiger partial charge < -0.3 is 9.13 Å². The molecule has 0 saturated heterocycles. The third kappa shape index (κ3) is 5.89. The van der Waals surface area contributed by atoms with Gasteiger partial charge in [-0.3, -0.25) is 0 Å². The highest BCUT2D eigenvalue weighted by molar-refractivity contribution is 7.25. The number of para-hydroxylation sites is 3. The summed E-state index contributed by atoms with van der Waals surface area (Å²) < 4.78 is 7.06. The first-order valence-electron chi connectivity index (χ1n) is 21.6. The molecule has 0 saturated carbocycles. The fourth-order valence-corrected chi connectivity index (χ4v) is 10.7. The van der Waals surface area contributed by atoms with Crippen LogP contribution in [0.4, 0.5) is 0 Å². The van der Waals surface area contributed by atoms with Crippen molar-refractivity contribution in [1.29, 1.82) is 5.26 Å². The van der Waals surface area contributed by atoms with E-state index in [9.17, 15) is 5.26 Å². The summed E-state index contributed by atoms with van der Waals surface area (Å²) in [4.78, 5) is 15.4. The van der Waals surface area contributed by atoms with E-state index in [1.807, 2.05) is 36.4 Å². The van der Waals surface area contributed by atoms with Crippen LogP contribution in [0.3, 0.4) is 0 Å². The van der Waals surface area contributed by atoms with Crippen LogP contribution >= 0.6 is 11.3 Å². The van der Waals surface area contributed by atoms with Crippen molar-refractivity contribution in [3.05, 3.63) is 212 Å². The number of hydrogen-bond acceptors (Lipinski definition) is 5. The largest absolute Gasteiger partial charge is 0.309 e. The van der Waals surface area contributed by atoms with E-state index in [4.69, 9.17) is 15.0 Å². The van der Waals surface area contributed by atoms with Crippen molar-refractivity contribution < 1.29 is 0 Å². The van der Waals surface area contributed by atoms with Gasteiger partial charge in [0.1, 0.15) is 6.07 Å². The molecule has 302 valence electrons. The summed E-state index contributed by atoms with van der Waals surface area (Å²) in [6, 6.07) is 74.3. The van der Waals surface area contributed by atoms with E-state index in [2.05, 4.69) is 185 Å². The maximum Gasteiger partial charge on any atom is 0.164 e. The Morgan fingerprint density at radius 3 is 1.69 bits per heavy atom. The topological polar surface area (TPSA) is 72.3 Å². The number of benzene rings is 9. The highest BCUT2D eigenvalue weighted by Gasteiger charge is 2.23. The van der Waals surface area contributed by atoms with Gasteiger partial charge in [0.15, 0.2) is 17.5 Å². The van der Waals surface area contributed by atoms with Crippen LogP contribution in [0, 0.1) is 11.3 Å². The highest BCUT2D eigenvalue weighted by atomic mass is 32.1. The van der Waals surface area contributed by atoms with Gasteiger partial charge in [0.25, 0.3) is 0 Å². The zero-order chi connectivity index (χ0) is 43.0. The van der Waals surface area contributed by atoms with Crippen molar-refractivity contribution in [3.8, 4) is 62.7 Å². The Kier molecular flexibility index (Phi) is 8.35. The van der Waals surface area contributed by atoms with Crippen molar-refractivity contribution in [2.75, 3.05) is 0 Å². The number of fused-ring (bicyclic) bond motifs is 10. The molecular formula is C58H34N6S. The van der Waals surface area contributed by atoms with Crippen molar-refractivity contribution in [3.63, 3.8) is 0 Å². The molecule has 9 aromatic carbocycles. The number of thiophene rings is 1. The average Bonchev–Trinajstić information content (AvgIpc) is 4.04. The molecule has 0 amide bonds. The van der Waals surface area contributed by atoms with Gasteiger partial charge >= 0.3 is 0 Å². The number of hydrogen-bond donors (Lipinski definition) is 0. The summed E-state index contributed by atoms with van der Waals surface area (Å²) in [5.41, 5.74) is 11.4. The highest BCUT2D eigenvalue weighted by Crippen LogP contribution is 2.43. The molecule has 13 aromatic rings. The van der Waals surface area contributed by atoms with E-state index in [1.165, 1.54) is 20.2 Å². The summed E-state index contributed by atoms with van der Waals surface area (Å²) in [6.45, 7) is 0. The molecule has 4 heterocycles. The second kappa shape index (κ2) is 14.7. The van der Waals surface area contributed by atoms with Crippen LogP contribution in [-0.2, 0) is 0 Å². The van der Waals surface area contributed by atoms with Gasteiger partial charge in [0.2, 0.25) is 0 Å². The fraction of sp³-hybridized carbons (Fsp3) is 0. The smallest absolute Gasteiger partial charge is 0.164 e. The Labute approximate surface area is 377 Å². The molecule has 0 unspecified atom stereocenters. The molecule has 13 rings (SSSR count). The van der Waals surface area contributed by atoms with Crippen molar-refractivity contribution in [1.82, 2.24) is 24.1 Å². The zero-order valence-corrected chi connectivity index (χ0v) is 35.5. The molecule has 6 nitrogen and oxygen atoms in total. The van der Waals surface area contributed by atoms with Crippen molar-refractivity contribution in [2.45, 2.75) is 0 Å². The Morgan fingerprint density at radius 2 is 0.938 bits per heavy atom. The number of nitriles is 1. The number of rotatable bonds is 6. The Hall–Kier alpha value is -8.70. The predicted octanol–water partition coefficient (Wildman–Crippen LogP) is 15.0. The Bertz CT molecular complexity index is 4060. The van der Waals surface area contributed by atoms with Gasteiger partial charge in [0, 0.05) is 64.1 Å². The minimum Gasteiger partial charge on any atom is -0.309 e. The van der Waals surface area contributed by atoms with E-state index >= 15 is 0 Å². The molecule has 0 spiro atoms. The maximum atomic E-state index is 11.1. The molecule has 65 heavy (non-hydrogen) atoms. The van der Waals surface area contributed by atoms with Gasteiger partial charge in [-0.25, -0.2) is 15.0 Å². The SMILES string of the molecule is N#Cc1cc(-c2nc(-c3ccc(-c4ccccc4)cc3)nc(-c3ccc4sc5ccccc5c4c3)n2)ccc1-n1c2ccccc2c2ccc3c(c4ccccc4n3-c3ccccc3)c21. The van der Waals surface area contributed by atoms with Gasteiger partial charge in [-0.15, -0.1) is 11.3 Å². The van der Waals surface area contributed by atoms with Gasteiger partial charge in [-0.2, -0.15) is 5.26 Å². The van der Waals surface area contributed by atoms with E-state index in [0.29, 0.717) is 23.0 Å². The van der Waals surface area contributed by atoms with Crippen LogP contribution < -0.4 is 0 Å². The van der Waals surface area contributed by atoms with E-state index in [0.717, 1.165) is 82.8 Å². The summed E-state index contributed by atoms with van der Waals surface area (Å²) >= 11 is 1.78. The minimum atomic E-state index is 0.492. The van der Waals surface area contributed by atoms with Crippen LogP contribution in [0.25, 0.3) is 120 Å². The molecule has 0 atom stereocenters. The van der Waals surface area contributed by atoms with Gasteiger partial charge in [-0.1, -0.05) is 133 Å². The maximum absolute atomic E-state index is 11.1. The molecule has 0 aliphatic heterocycles. The predicted molar refractivity (Wildman–Crippen MR) is 268 cm³/mol. The lowest BCUT2D eigenvalue weighted by Crippen LogP contribution is -2.02. The third-order valence-electron chi connectivity index (χ3n) is 12.6. The average molecular weight is 847 g/mol. The molecule has 0 N–H and O–H groups in total. The summed E-state index contributed by atoms with van der Waals surface area (Å²) in [5, 5.41) is 18.0. The first kappa shape index (κ1) is 36.9. The fourth-order valence-electron chi connectivity index (χ4n) is 9.64. The van der Waals surface area contributed by atoms with Crippen LogP contribution in [0.1, 0.15) is 5.56 Å². The third-order valence-corrected chi connectivity index (χ3v) is 13.8. The van der Waals surface area contributed by atoms with E-state index < -0.39 is 0 Å². The number of aromatic nitrogens is 5. The summed E-state index contributed by atoms with van der Waals surface area (Å²) in [5.74, 6) is 1.62. The van der Waals surface area contributed by atoms with Crippen molar-refractivity contribution >= 4 is 75.1 Å². The van der Waals surface area contributed by atoms with E-state index in [1.54, 1.807) is 11.3 Å².